The molecule has 2 aromatic carbocycles. The average molecular weight is 377 g/mol. The summed E-state index contributed by atoms with van der Waals surface area (Å²) < 4.78 is 5.75. The number of hydrogen-bond donors (Lipinski definition) is 0. The summed E-state index contributed by atoms with van der Waals surface area (Å²) in [4.78, 5) is 29.6. The molecule has 0 saturated heterocycles. The molecule has 2 heterocycles. The Balaban J connectivity index is 1.56. The number of hydrogen-bond acceptors (Lipinski definition) is 5. The Morgan fingerprint density at radius 2 is 1.96 bits per heavy atom. The Hall–Kier alpha value is -3.48. The van der Waals surface area contributed by atoms with E-state index in [4.69, 9.17) is 4.42 Å². The largest absolute Gasteiger partial charge is 0.441 e. The number of aryl methyl sites for hydroxylation is 2. The van der Waals surface area contributed by atoms with Gasteiger partial charge in [0.1, 0.15) is 5.76 Å². The van der Waals surface area contributed by atoms with Gasteiger partial charge in [-0.1, -0.05) is 23.8 Å². The number of nitro benzene ring substituents is 1. The molecule has 1 aliphatic heterocycles. The molecule has 0 atom stereocenters. The van der Waals surface area contributed by atoms with Crippen molar-refractivity contribution in [1.29, 1.82) is 0 Å². The summed E-state index contributed by atoms with van der Waals surface area (Å²) in [6.45, 7) is 4.31. The third-order valence-electron chi connectivity index (χ3n) is 4.99. The van der Waals surface area contributed by atoms with Gasteiger partial charge in [-0.05, 0) is 38.0 Å². The second-order valence-corrected chi connectivity index (χ2v) is 6.93. The quantitative estimate of drug-likeness (QED) is 0.506. The van der Waals surface area contributed by atoms with Crippen molar-refractivity contribution < 1.29 is 14.1 Å². The number of carbonyl (C=O) groups is 1. The first kappa shape index (κ1) is 17.9. The molecule has 142 valence electrons. The monoisotopic (exact) mass is 377 g/mol. The number of fused-ring (bicyclic) bond motifs is 1. The number of amides is 1. The number of non-ortho nitro benzene ring substituents is 1. The van der Waals surface area contributed by atoms with Crippen LogP contribution in [-0.4, -0.2) is 22.4 Å². The number of carbonyl (C=O) groups excluding carboxylic acids is 1. The van der Waals surface area contributed by atoms with E-state index in [1.165, 1.54) is 12.1 Å². The van der Waals surface area contributed by atoms with Crippen molar-refractivity contribution in [2.75, 3.05) is 11.4 Å². The lowest BCUT2D eigenvalue weighted by Gasteiger charge is -2.16. The maximum atomic E-state index is 12.9. The highest BCUT2D eigenvalue weighted by Crippen LogP contribution is 2.32. The second kappa shape index (κ2) is 6.92. The lowest BCUT2D eigenvalue weighted by Crippen LogP contribution is -2.30. The summed E-state index contributed by atoms with van der Waals surface area (Å²) in [6, 6.07) is 12.5. The number of nitro groups is 1. The maximum absolute atomic E-state index is 12.9. The molecule has 0 aliphatic carbocycles. The minimum Gasteiger partial charge on any atom is -0.441 e. The number of benzene rings is 2. The molecule has 0 bridgehead atoms. The zero-order chi connectivity index (χ0) is 19.8. The number of anilines is 1. The fourth-order valence-corrected chi connectivity index (χ4v) is 3.39. The molecule has 28 heavy (non-hydrogen) atoms. The van der Waals surface area contributed by atoms with Gasteiger partial charge in [0, 0.05) is 24.2 Å². The summed E-state index contributed by atoms with van der Waals surface area (Å²) in [7, 11) is 0. The molecule has 1 amide bonds. The van der Waals surface area contributed by atoms with Crippen LogP contribution in [0.1, 0.15) is 22.6 Å². The Bertz CT molecular complexity index is 1070. The Morgan fingerprint density at radius 3 is 2.68 bits per heavy atom. The molecule has 1 aromatic heterocycles. The van der Waals surface area contributed by atoms with E-state index in [9.17, 15) is 14.9 Å². The standard InChI is InChI=1S/C21H19N3O4/c1-13-3-5-16(6-4-13)21-22-18(14(2)28-21)12-20(25)23-10-9-15-7-8-17(24(26)27)11-19(15)23/h3-8,11H,9-10,12H2,1-2H3. The highest BCUT2D eigenvalue weighted by atomic mass is 16.6. The minimum absolute atomic E-state index is 0.0160. The van der Waals surface area contributed by atoms with Crippen LogP contribution in [0.15, 0.2) is 46.9 Å². The predicted molar refractivity (Wildman–Crippen MR) is 104 cm³/mol. The van der Waals surface area contributed by atoms with Gasteiger partial charge in [0.25, 0.3) is 5.69 Å². The van der Waals surface area contributed by atoms with E-state index < -0.39 is 4.92 Å². The van der Waals surface area contributed by atoms with Crippen molar-refractivity contribution in [2.45, 2.75) is 26.7 Å². The predicted octanol–water partition coefficient (Wildman–Crippen LogP) is 4.00. The van der Waals surface area contributed by atoms with E-state index in [0.717, 1.165) is 16.7 Å². The molecule has 0 N–H and O–H groups in total. The third-order valence-corrected chi connectivity index (χ3v) is 4.99. The van der Waals surface area contributed by atoms with E-state index in [1.807, 2.05) is 31.2 Å². The van der Waals surface area contributed by atoms with Crippen molar-refractivity contribution >= 4 is 17.3 Å². The molecule has 0 unspecified atom stereocenters. The van der Waals surface area contributed by atoms with Crippen LogP contribution < -0.4 is 4.90 Å². The van der Waals surface area contributed by atoms with Gasteiger partial charge >= 0.3 is 0 Å². The number of oxazole rings is 1. The van der Waals surface area contributed by atoms with Crippen LogP contribution in [0, 0.1) is 24.0 Å². The number of rotatable bonds is 4. The zero-order valence-corrected chi connectivity index (χ0v) is 15.6. The van der Waals surface area contributed by atoms with Crippen molar-refractivity contribution in [3.63, 3.8) is 0 Å². The highest BCUT2D eigenvalue weighted by Gasteiger charge is 2.28. The van der Waals surface area contributed by atoms with Gasteiger partial charge in [0.05, 0.1) is 22.7 Å². The molecule has 3 aromatic rings. The second-order valence-electron chi connectivity index (χ2n) is 6.93. The normalized spacial score (nSPS) is 12.9. The lowest BCUT2D eigenvalue weighted by molar-refractivity contribution is -0.384. The first-order chi connectivity index (χ1) is 13.4. The number of aromatic nitrogens is 1. The molecule has 0 radical (unpaired) electrons. The molecule has 1 aliphatic rings. The van der Waals surface area contributed by atoms with Crippen molar-refractivity contribution in [2.24, 2.45) is 0 Å². The van der Waals surface area contributed by atoms with E-state index in [1.54, 1.807) is 17.9 Å². The summed E-state index contributed by atoms with van der Waals surface area (Å²) in [6.07, 6.45) is 0.773. The van der Waals surface area contributed by atoms with E-state index in [2.05, 4.69) is 4.98 Å². The van der Waals surface area contributed by atoms with Gasteiger partial charge in [-0.2, -0.15) is 0 Å². The van der Waals surface area contributed by atoms with Crippen molar-refractivity contribution in [3.8, 4) is 11.5 Å². The summed E-state index contributed by atoms with van der Waals surface area (Å²) in [5.74, 6) is 0.936. The van der Waals surface area contributed by atoms with Crippen LogP contribution in [0.5, 0.6) is 0 Å². The fraction of sp³-hybridized carbons (Fsp3) is 0.238. The van der Waals surface area contributed by atoms with Crippen LogP contribution >= 0.6 is 0 Å². The zero-order valence-electron chi connectivity index (χ0n) is 15.6. The van der Waals surface area contributed by atoms with Gasteiger partial charge in [-0.25, -0.2) is 4.98 Å². The van der Waals surface area contributed by atoms with Gasteiger partial charge in [-0.3, -0.25) is 14.9 Å². The molecule has 0 fully saturated rings. The fourth-order valence-electron chi connectivity index (χ4n) is 3.39. The van der Waals surface area contributed by atoms with E-state index in [0.29, 0.717) is 36.0 Å². The molecule has 0 saturated carbocycles. The molecule has 0 spiro atoms. The highest BCUT2D eigenvalue weighted by molar-refractivity contribution is 5.97. The SMILES string of the molecule is Cc1ccc(-c2nc(CC(=O)N3CCc4ccc([N+](=O)[O-])cc43)c(C)o2)cc1. The van der Waals surface area contributed by atoms with Crippen LogP contribution in [0.4, 0.5) is 11.4 Å². The van der Waals surface area contributed by atoms with Gasteiger partial charge in [0.15, 0.2) is 0 Å². The van der Waals surface area contributed by atoms with Crippen LogP contribution in [0.3, 0.4) is 0 Å². The Labute approximate surface area is 161 Å². The van der Waals surface area contributed by atoms with Gasteiger partial charge in [0.2, 0.25) is 11.8 Å². The number of nitrogens with zero attached hydrogens (tertiary/aromatic N) is 3. The average Bonchev–Trinajstić information content (AvgIpc) is 3.25. The Morgan fingerprint density at radius 1 is 1.21 bits per heavy atom. The van der Waals surface area contributed by atoms with Crippen LogP contribution in [0.25, 0.3) is 11.5 Å². The Kier molecular flexibility index (Phi) is 4.43. The molecule has 7 nitrogen and oxygen atoms in total. The third kappa shape index (κ3) is 3.26. The molecular weight excluding hydrogens is 358 g/mol. The molecule has 4 rings (SSSR count). The topological polar surface area (TPSA) is 89.5 Å². The molecule has 7 heteroatoms. The first-order valence-electron chi connectivity index (χ1n) is 9.03. The smallest absolute Gasteiger partial charge is 0.271 e. The summed E-state index contributed by atoms with van der Waals surface area (Å²) >= 11 is 0. The minimum atomic E-state index is -0.448. The van der Waals surface area contributed by atoms with Crippen LogP contribution in [-0.2, 0) is 17.6 Å². The van der Waals surface area contributed by atoms with Gasteiger partial charge < -0.3 is 9.32 Å². The summed E-state index contributed by atoms with van der Waals surface area (Å²) in [5.41, 5.74) is 4.12. The van der Waals surface area contributed by atoms with Crippen molar-refractivity contribution in [1.82, 2.24) is 4.98 Å². The summed E-state index contributed by atoms with van der Waals surface area (Å²) in [5, 5.41) is 11.1. The van der Waals surface area contributed by atoms with E-state index in [-0.39, 0.29) is 18.0 Å². The maximum Gasteiger partial charge on any atom is 0.271 e. The van der Waals surface area contributed by atoms with Crippen LogP contribution in [0.2, 0.25) is 0 Å². The van der Waals surface area contributed by atoms with E-state index >= 15 is 0 Å². The van der Waals surface area contributed by atoms with Crippen molar-refractivity contribution in [3.05, 3.63) is 75.2 Å². The molecular formula is C21H19N3O4. The first-order valence-corrected chi connectivity index (χ1v) is 9.03. The van der Waals surface area contributed by atoms with Gasteiger partial charge in [-0.15, -0.1) is 0 Å². The lowest BCUT2D eigenvalue weighted by atomic mass is 10.1.